The summed E-state index contributed by atoms with van der Waals surface area (Å²) >= 11 is 5.99. The molecule has 28 heavy (non-hydrogen) atoms. The summed E-state index contributed by atoms with van der Waals surface area (Å²) in [4.78, 5) is 26.9. The molecule has 0 saturated carbocycles. The number of aliphatic hydroxyl groups is 1. The highest BCUT2D eigenvalue weighted by Gasteiger charge is 2.31. The van der Waals surface area contributed by atoms with Crippen molar-refractivity contribution in [2.45, 2.75) is 32.4 Å². The molecule has 0 unspecified atom stereocenters. The molecule has 0 spiro atoms. The topological polar surface area (TPSA) is 69.6 Å². The lowest BCUT2D eigenvalue weighted by molar-refractivity contribution is 0.0371. The Morgan fingerprint density at radius 1 is 1.14 bits per heavy atom. The predicted molar refractivity (Wildman–Crippen MR) is 105 cm³/mol. The molecule has 1 aliphatic heterocycles. The quantitative estimate of drug-likeness (QED) is 0.825. The summed E-state index contributed by atoms with van der Waals surface area (Å²) in [5, 5.41) is 13.1. The first-order chi connectivity index (χ1) is 13.2. The molecule has 3 rings (SSSR count). The Labute approximate surface area is 168 Å². The number of rotatable bonds is 3. The van der Waals surface area contributed by atoms with Crippen LogP contribution in [0.25, 0.3) is 0 Å². The first-order valence-electron chi connectivity index (χ1n) is 9.05. The van der Waals surface area contributed by atoms with E-state index in [0.29, 0.717) is 12.0 Å². The van der Waals surface area contributed by atoms with Crippen LogP contribution >= 0.6 is 11.6 Å². The van der Waals surface area contributed by atoms with Crippen molar-refractivity contribution < 1.29 is 19.1 Å². The number of nitrogens with zero attached hydrogens (tertiary/aromatic N) is 1. The Bertz CT molecular complexity index is 919. The van der Waals surface area contributed by atoms with Crippen molar-refractivity contribution in [2.24, 2.45) is 0 Å². The van der Waals surface area contributed by atoms with E-state index >= 15 is 0 Å². The molecule has 0 aliphatic carbocycles. The first kappa shape index (κ1) is 20.3. The molecule has 1 aliphatic rings. The maximum Gasteiger partial charge on any atom is 0.255 e. The summed E-state index contributed by atoms with van der Waals surface area (Å²) in [5.74, 6) is -1.18. The molecular weight excluding hydrogens is 383 g/mol. The minimum Gasteiger partial charge on any atom is -0.391 e. The van der Waals surface area contributed by atoms with E-state index in [1.54, 1.807) is 0 Å². The molecular formula is C21H22ClFN2O3. The van der Waals surface area contributed by atoms with Crippen molar-refractivity contribution in [3.05, 3.63) is 69.5 Å². The van der Waals surface area contributed by atoms with Crippen molar-refractivity contribution in [3.63, 3.8) is 0 Å². The number of aryl methyl sites for hydroxylation is 2. The zero-order valence-corrected chi connectivity index (χ0v) is 16.5. The Morgan fingerprint density at radius 2 is 1.89 bits per heavy atom. The maximum absolute atomic E-state index is 13.2. The van der Waals surface area contributed by atoms with Crippen LogP contribution in [-0.4, -0.2) is 47.1 Å². The van der Waals surface area contributed by atoms with Crippen LogP contribution in [0.1, 0.15) is 38.3 Å². The third kappa shape index (κ3) is 4.51. The van der Waals surface area contributed by atoms with Gasteiger partial charge in [0.05, 0.1) is 16.7 Å². The number of carbonyl (C=O) groups is 2. The second kappa shape index (κ2) is 8.29. The van der Waals surface area contributed by atoms with Gasteiger partial charge in [-0.3, -0.25) is 9.59 Å². The summed E-state index contributed by atoms with van der Waals surface area (Å²) in [6.07, 6.45) is -0.432. The smallest absolute Gasteiger partial charge is 0.255 e. The second-order valence-electron chi connectivity index (χ2n) is 7.21. The fraction of sp³-hybridized carbons (Fsp3) is 0.333. The predicted octanol–water partition coefficient (Wildman–Crippen LogP) is 3.10. The fourth-order valence-corrected chi connectivity index (χ4v) is 3.67. The highest BCUT2D eigenvalue weighted by molar-refractivity contribution is 6.33. The standard InChI is InChI=1S/C21H22ClFN2O3/c1-12-3-4-13(2)18(7-12)20(27)24-15-9-16(26)11-25(10-15)21(28)17-6-5-14(23)8-19(17)22/h3-8,15-16,26H,9-11H2,1-2H3,(H,24,27)/t15-,16+/m0/s1. The normalized spacial score (nSPS) is 19.4. The van der Waals surface area contributed by atoms with Gasteiger partial charge >= 0.3 is 0 Å². The number of benzene rings is 2. The van der Waals surface area contributed by atoms with Crippen molar-refractivity contribution in [3.8, 4) is 0 Å². The molecule has 7 heteroatoms. The number of halogens is 2. The largest absolute Gasteiger partial charge is 0.391 e. The van der Waals surface area contributed by atoms with E-state index in [9.17, 15) is 19.1 Å². The average Bonchev–Trinajstić information content (AvgIpc) is 2.62. The van der Waals surface area contributed by atoms with Crippen LogP contribution in [0, 0.1) is 19.7 Å². The van der Waals surface area contributed by atoms with Gasteiger partial charge in [-0.15, -0.1) is 0 Å². The van der Waals surface area contributed by atoms with Gasteiger partial charge in [0, 0.05) is 24.7 Å². The fourth-order valence-electron chi connectivity index (χ4n) is 3.42. The number of hydrogen-bond acceptors (Lipinski definition) is 3. The molecule has 1 heterocycles. The third-order valence-electron chi connectivity index (χ3n) is 4.85. The number of aliphatic hydroxyl groups excluding tert-OH is 1. The zero-order valence-electron chi connectivity index (χ0n) is 15.7. The summed E-state index contributed by atoms with van der Waals surface area (Å²) in [7, 11) is 0. The number of β-amino-alcohol motifs (C(OH)–C–C–N with tert-alkyl or cyclic N) is 1. The number of piperidine rings is 1. The molecule has 2 N–H and O–H groups in total. The Kier molecular flexibility index (Phi) is 6.01. The number of carbonyl (C=O) groups excluding carboxylic acids is 2. The van der Waals surface area contributed by atoms with Gasteiger partial charge in [-0.05, 0) is 50.1 Å². The SMILES string of the molecule is Cc1ccc(C)c(C(=O)N[C@H]2C[C@@H](O)CN(C(=O)c3ccc(F)cc3Cl)C2)c1. The van der Waals surface area contributed by atoms with E-state index < -0.39 is 23.9 Å². The monoisotopic (exact) mass is 404 g/mol. The molecule has 2 atom stereocenters. The van der Waals surface area contributed by atoms with Crippen molar-refractivity contribution in [2.75, 3.05) is 13.1 Å². The van der Waals surface area contributed by atoms with Crippen LogP contribution in [0.3, 0.4) is 0 Å². The number of amides is 2. The van der Waals surface area contributed by atoms with Gasteiger partial charge in [0.2, 0.25) is 0 Å². The molecule has 0 bridgehead atoms. The lowest BCUT2D eigenvalue weighted by Crippen LogP contribution is -2.54. The van der Waals surface area contributed by atoms with Gasteiger partial charge in [-0.1, -0.05) is 29.3 Å². The Hall–Kier alpha value is -2.44. The van der Waals surface area contributed by atoms with E-state index in [1.165, 1.54) is 17.0 Å². The number of hydrogen-bond donors (Lipinski definition) is 2. The van der Waals surface area contributed by atoms with E-state index in [1.807, 2.05) is 32.0 Å². The molecule has 0 aromatic heterocycles. The summed E-state index contributed by atoms with van der Waals surface area (Å²) in [6, 6.07) is 8.79. The van der Waals surface area contributed by atoms with E-state index in [4.69, 9.17) is 11.6 Å². The Balaban J connectivity index is 1.74. The molecule has 2 aromatic carbocycles. The van der Waals surface area contributed by atoms with Crippen LogP contribution in [0.5, 0.6) is 0 Å². The number of nitrogens with one attached hydrogen (secondary N) is 1. The van der Waals surface area contributed by atoms with E-state index in [2.05, 4.69) is 5.32 Å². The van der Waals surface area contributed by atoms with Crippen LogP contribution in [0.4, 0.5) is 4.39 Å². The lowest BCUT2D eigenvalue weighted by atomic mass is 10.00. The molecule has 1 fully saturated rings. The lowest BCUT2D eigenvalue weighted by Gasteiger charge is -2.36. The summed E-state index contributed by atoms with van der Waals surface area (Å²) < 4.78 is 13.2. The first-order valence-corrected chi connectivity index (χ1v) is 9.43. The number of likely N-dealkylation sites (tertiary alicyclic amines) is 1. The molecule has 1 saturated heterocycles. The van der Waals surface area contributed by atoms with Gasteiger partial charge in [0.25, 0.3) is 11.8 Å². The highest BCUT2D eigenvalue weighted by atomic mass is 35.5. The summed E-state index contributed by atoms with van der Waals surface area (Å²) in [6.45, 7) is 4.13. The molecule has 2 aromatic rings. The van der Waals surface area contributed by atoms with Crippen LogP contribution in [0.15, 0.2) is 36.4 Å². The van der Waals surface area contributed by atoms with Gasteiger partial charge in [0.1, 0.15) is 5.82 Å². The van der Waals surface area contributed by atoms with Crippen molar-refractivity contribution >= 4 is 23.4 Å². The van der Waals surface area contributed by atoms with Crippen LogP contribution < -0.4 is 5.32 Å². The molecule has 0 radical (unpaired) electrons. The van der Waals surface area contributed by atoms with Gasteiger partial charge < -0.3 is 15.3 Å². The van der Waals surface area contributed by atoms with E-state index in [0.717, 1.165) is 17.2 Å². The van der Waals surface area contributed by atoms with Gasteiger partial charge in [-0.2, -0.15) is 0 Å². The van der Waals surface area contributed by atoms with Crippen molar-refractivity contribution in [1.29, 1.82) is 0 Å². The molecule has 2 amide bonds. The zero-order chi connectivity index (χ0) is 20.4. The summed E-state index contributed by atoms with van der Waals surface area (Å²) in [5.41, 5.74) is 2.56. The van der Waals surface area contributed by atoms with Gasteiger partial charge in [0.15, 0.2) is 0 Å². The average molecular weight is 405 g/mol. The van der Waals surface area contributed by atoms with Crippen molar-refractivity contribution in [1.82, 2.24) is 10.2 Å². The van der Waals surface area contributed by atoms with E-state index in [-0.39, 0.29) is 29.6 Å². The maximum atomic E-state index is 13.2. The van der Waals surface area contributed by atoms with Crippen LogP contribution in [0.2, 0.25) is 5.02 Å². The Morgan fingerprint density at radius 3 is 2.61 bits per heavy atom. The second-order valence-corrected chi connectivity index (χ2v) is 7.62. The highest BCUT2D eigenvalue weighted by Crippen LogP contribution is 2.22. The third-order valence-corrected chi connectivity index (χ3v) is 5.16. The molecule has 5 nitrogen and oxygen atoms in total. The minimum atomic E-state index is -0.777. The van der Waals surface area contributed by atoms with Gasteiger partial charge in [-0.25, -0.2) is 4.39 Å². The molecule has 148 valence electrons. The minimum absolute atomic E-state index is 0.0148. The van der Waals surface area contributed by atoms with Crippen LogP contribution in [-0.2, 0) is 0 Å².